The molecular weight excluding hydrogens is 392 g/mol. The molecule has 0 aliphatic carbocycles. The van der Waals surface area contributed by atoms with Gasteiger partial charge in [-0.05, 0) is 59.7 Å². The highest BCUT2D eigenvalue weighted by Gasteiger charge is 2.46. The highest BCUT2D eigenvalue weighted by atomic mass is 28.2. The van der Waals surface area contributed by atoms with E-state index in [1.165, 1.54) is 38.9 Å². The lowest BCUT2D eigenvalue weighted by Crippen LogP contribution is -2.39. The normalized spacial score (nSPS) is 12.6. The molecule has 0 N–H and O–H groups in total. The minimum atomic E-state index is -0.466. The third-order valence-corrected chi connectivity index (χ3v) is 6.94. The number of rotatable bonds is 6. The maximum absolute atomic E-state index is 6.59. The summed E-state index contributed by atoms with van der Waals surface area (Å²) in [5.41, 5.74) is 8.41. The van der Waals surface area contributed by atoms with Gasteiger partial charge in [0.2, 0.25) is 0 Å². The molecule has 0 saturated carbocycles. The van der Waals surface area contributed by atoms with Crippen LogP contribution in [0.1, 0.15) is 45.0 Å². The topological polar surface area (TPSA) is 9.23 Å². The summed E-state index contributed by atoms with van der Waals surface area (Å²) in [4.78, 5) is 0. The smallest absolute Gasteiger partial charge is 0.146 e. The Morgan fingerprint density at radius 1 is 0.581 bits per heavy atom. The van der Waals surface area contributed by atoms with Gasteiger partial charge in [0.15, 0.2) is 0 Å². The predicted octanol–water partition coefficient (Wildman–Crippen LogP) is 5.98. The molecule has 0 amide bonds. The van der Waals surface area contributed by atoms with E-state index in [9.17, 15) is 0 Å². The molecule has 156 valence electrons. The first-order chi connectivity index (χ1) is 15.1. The van der Waals surface area contributed by atoms with Gasteiger partial charge >= 0.3 is 0 Å². The van der Waals surface area contributed by atoms with Crippen molar-refractivity contribution in [1.82, 2.24) is 0 Å². The molecule has 31 heavy (non-hydrogen) atoms. The zero-order chi connectivity index (χ0) is 21.8. The van der Waals surface area contributed by atoms with Crippen molar-refractivity contribution in [3.05, 3.63) is 142 Å². The fourth-order valence-electron chi connectivity index (χ4n) is 5.04. The van der Waals surface area contributed by atoms with Gasteiger partial charge in [0.1, 0.15) is 10.5 Å². The number of aryl methyl sites for hydroxylation is 3. The standard InChI is InChI=1S/C29H30OSi/c1-21-13-7-10-18-25(21)28(30-31)29(24-16-5-4-6-17-24,26-19-11-8-14-22(26)2)27-20-12-9-15-23(27)3/h4-20,28H,1-3,31H3. The van der Waals surface area contributed by atoms with Gasteiger partial charge in [-0.3, -0.25) is 0 Å². The largest absolute Gasteiger partial charge is 0.419 e. The Morgan fingerprint density at radius 3 is 1.52 bits per heavy atom. The van der Waals surface area contributed by atoms with Crippen LogP contribution in [-0.4, -0.2) is 10.5 Å². The lowest BCUT2D eigenvalue weighted by Gasteiger charge is -2.44. The van der Waals surface area contributed by atoms with Crippen molar-refractivity contribution in [2.75, 3.05) is 0 Å². The third kappa shape index (κ3) is 3.67. The first kappa shape index (κ1) is 21.3. The van der Waals surface area contributed by atoms with Crippen molar-refractivity contribution >= 4 is 10.5 Å². The molecule has 0 spiro atoms. The van der Waals surface area contributed by atoms with Crippen molar-refractivity contribution in [2.45, 2.75) is 32.3 Å². The third-order valence-electron chi connectivity index (χ3n) is 6.47. The van der Waals surface area contributed by atoms with Crippen molar-refractivity contribution in [3.63, 3.8) is 0 Å². The zero-order valence-corrected chi connectivity index (χ0v) is 20.8. The summed E-state index contributed by atoms with van der Waals surface area (Å²) in [6, 6.07) is 37.1. The van der Waals surface area contributed by atoms with E-state index in [2.05, 4.69) is 124 Å². The molecule has 1 nitrogen and oxygen atoms in total. The van der Waals surface area contributed by atoms with Crippen molar-refractivity contribution in [1.29, 1.82) is 0 Å². The lowest BCUT2D eigenvalue weighted by molar-refractivity contribution is 0.163. The van der Waals surface area contributed by atoms with Crippen LogP contribution < -0.4 is 0 Å². The summed E-state index contributed by atoms with van der Waals surface area (Å²) in [6.07, 6.45) is -0.134. The monoisotopic (exact) mass is 422 g/mol. The van der Waals surface area contributed by atoms with Crippen molar-refractivity contribution in [2.24, 2.45) is 0 Å². The fraction of sp³-hybridized carbons (Fsp3) is 0.172. The molecule has 4 rings (SSSR count). The van der Waals surface area contributed by atoms with E-state index < -0.39 is 5.41 Å². The fourth-order valence-corrected chi connectivity index (χ4v) is 5.65. The van der Waals surface area contributed by atoms with E-state index in [0.717, 1.165) is 0 Å². The van der Waals surface area contributed by atoms with Crippen LogP contribution in [0.2, 0.25) is 0 Å². The van der Waals surface area contributed by atoms with E-state index in [1.54, 1.807) is 0 Å². The molecule has 0 radical (unpaired) electrons. The molecule has 2 heteroatoms. The number of hydrogen-bond acceptors (Lipinski definition) is 1. The molecule has 1 unspecified atom stereocenters. The summed E-state index contributed by atoms with van der Waals surface area (Å²) < 4.78 is 6.59. The van der Waals surface area contributed by atoms with Gasteiger partial charge in [0, 0.05) is 0 Å². The second-order valence-electron chi connectivity index (χ2n) is 8.28. The average Bonchev–Trinajstić information content (AvgIpc) is 2.80. The first-order valence-electron chi connectivity index (χ1n) is 10.9. The molecule has 0 aliphatic rings. The Labute approximate surface area is 189 Å². The van der Waals surface area contributed by atoms with Gasteiger partial charge in [-0.25, -0.2) is 0 Å². The Kier molecular flexibility index (Phi) is 6.22. The molecule has 0 saturated heterocycles. The lowest BCUT2D eigenvalue weighted by atomic mass is 9.62. The summed E-state index contributed by atoms with van der Waals surface area (Å²) in [6.45, 7) is 6.62. The van der Waals surface area contributed by atoms with Crippen molar-refractivity contribution < 1.29 is 4.43 Å². The quantitative estimate of drug-likeness (QED) is 0.274. The summed E-state index contributed by atoms with van der Waals surface area (Å²) >= 11 is 0. The Bertz CT molecular complexity index is 1120. The molecule has 4 aromatic carbocycles. The van der Waals surface area contributed by atoms with Gasteiger partial charge in [-0.1, -0.05) is 103 Å². The Hall–Kier alpha value is -2.94. The summed E-state index contributed by atoms with van der Waals surface area (Å²) in [5, 5.41) is 0. The second-order valence-corrected chi connectivity index (χ2v) is 8.75. The van der Waals surface area contributed by atoms with Gasteiger partial charge in [-0.2, -0.15) is 0 Å². The highest BCUT2D eigenvalue weighted by Crippen LogP contribution is 2.52. The molecule has 0 fully saturated rings. The minimum absolute atomic E-state index is 0.134. The molecule has 0 aromatic heterocycles. The van der Waals surface area contributed by atoms with E-state index in [-0.39, 0.29) is 6.10 Å². The van der Waals surface area contributed by atoms with Crippen LogP contribution >= 0.6 is 0 Å². The van der Waals surface area contributed by atoms with E-state index in [0.29, 0.717) is 10.5 Å². The van der Waals surface area contributed by atoms with Crippen LogP contribution in [0.3, 0.4) is 0 Å². The van der Waals surface area contributed by atoms with E-state index in [1.807, 2.05) is 0 Å². The summed E-state index contributed by atoms with van der Waals surface area (Å²) in [7, 11) is 0.635. The number of hydrogen-bond donors (Lipinski definition) is 0. The van der Waals surface area contributed by atoms with Gasteiger partial charge in [0.25, 0.3) is 0 Å². The first-order valence-corrected chi connectivity index (χ1v) is 11.7. The molecule has 0 heterocycles. The predicted molar refractivity (Wildman–Crippen MR) is 134 cm³/mol. The summed E-state index contributed by atoms with van der Waals surface area (Å²) in [5.74, 6) is 0. The molecule has 1 atom stereocenters. The van der Waals surface area contributed by atoms with Gasteiger partial charge in [-0.15, -0.1) is 0 Å². The van der Waals surface area contributed by atoms with Crippen LogP contribution in [0.15, 0.2) is 103 Å². The number of benzene rings is 4. The van der Waals surface area contributed by atoms with Gasteiger partial charge < -0.3 is 4.43 Å². The van der Waals surface area contributed by atoms with E-state index in [4.69, 9.17) is 4.43 Å². The average molecular weight is 423 g/mol. The van der Waals surface area contributed by atoms with Gasteiger partial charge in [0.05, 0.1) is 11.5 Å². The highest BCUT2D eigenvalue weighted by molar-refractivity contribution is 5.98. The molecule has 4 aromatic rings. The Morgan fingerprint density at radius 2 is 1.03 bits per heavy atom. The molecule has 0 aliphatic heterocycles. The van der Waals surface area contributed by atoms with Crippen LogP contribution in [0.4, 0.5) is 0 Å². The zero-order valence-electron chi connectivity index (χ0n) is 18.8. The maximum Gasteiger partial charge on any atom is 0.146 e. The SMILES string of the molecule is Cc1ccccc1C(O[SiH3])C(c1ccccc1)(c1ccccc1C)c1ccccc1C. The maximum atomic E-state index is 6.59. The van der Waals surface area contributed by atoms with E-state index >= 15 is 0 Å². The molecular formula is C29H30OSi. The minimum Gasteiger partial charge on any atom is -0.419 e. The second kappa shape index (κ2) is 9.05. The molecule has 0 bridgehead atoms. The van der Waals surface area contributed by atoms with Crippen LogP contribution in [0.25, 0.3) is 0 Å². The van der Waals surface area contributed by atoms with Crippen molar-refractivity contribution in [3.8, 4) is 0 Å². The van der Waals surface area contributed by atoms with Crippen LogP contribution in [0, 0.1) is 20.8 Å². The van der Waals surface area contributed by atoms with Crippen LogP contribution in [-0.2, 0) is 9.84 Å². The Balaban J connectivity index is 2.20. The van der Waals surface area contributed by atoms with Crippen LogP contribution in [0.5, 0.6) is 0 Å².